The van der Waals surface area contributed by atoms with E-state index in [-0.39, 0.29) is 0 Å². The van der Waals surface area contributed by atoms with Gasteiger partial charge in [-0.15, -0.1) is 0 Å². The third-order valence-corrected chi connectivity index (χ3v) is 2.76. The normalized spacial score (nSPS) is 10.6. The number of nitrogens with two attached hydrogens (primary N) is 1. The largest absolute Gasteiger partial charge is 0.493 e. The molecule has 1 heterocycles. The van der Waals surface area contributed by atoms with Crippen LogP contribution < -0.4 is 10.5 Å². The second-order valence-electron chi connectivity index (χ2n) is 4.14. The van der Waals surface area contributed by atoms with Crippen LogP contribution in [-0.4, -0.2) is 21.4 Å². The Labute approximate surface area is 107 Å². The van der Waals surface area contributed by atoms with Gasteiger partial charge in [-0.05, 0) is 18.6 Å². The highest BCUT2D eigenvalue weighted by Crippen LogP contribution is 2.16. The van der Waals surface area contributed by atoms with Gasteiger partial charge in [0.15, 0.2) is 5.82 Å². The highest BCUT2D eigenvalue weighted by atomic mass is 16.5. The van der Waals surface area contributed by atoms with Crippen LogP contribution in [0.4, 0.5) is 0 Å². The Morgan fingerprint density at radius 3 is 2.78 bits per heavy atom. The number of benzene rings is 1. The molecule has 0 aliphatic heterocycles. The smallest absolute Gasteiger partial charge is 0.164 e. The van der Waals surface area contributed by atoms with E-state index in [9.17, 15) is 0 Å². The molecule has 1 aromatic carbocycles. The molecule has 0 bridgehead atoms. The zero-order valence-corrected chi connectivity index (χ0v) is 10.8. The molecule has 5 nitrogen and oxygen atoms in total. The van der Waals surface area contributed by atoms with Crippen molar-refractivity contribution in [2.45, 2.75) is 19.9 Å². The van der Waals surface area contributed by atoms with Crippen molar-refractivity contribution in [1.29, 1.82) is 0 Å². The molecule has 0 spiro atoms. The maximum atomic E-state index is 5.73. The predicted molar refractivity (Wildman–Crippen MR) is 69.3 cm³/mol. The lowest BCUT2D eigenvalue weighted by atomic mass is 10.2. The van der Waals surface area contributed by atoms with Crippen molar-refractivity contribution in [1.82, 2.24) is 14.8 Å². The first-order chi connectivity index (χ1) is 8.70. The van der Waals surface area contributed by atoms with E-state index in [1.807, 2.05) is 38.2 Å². The average molecular weight is 246 g/mol. The number of aryl methyl sites for hydroxylation is 2. The Hall–Kier alpha value is -1.88. The number of rotatable bonds is 5. The summed E-state index contributed by atoms with van der Waals surface area (Å²) in [6.45, 7) is 2.98. The molecule has 2 N–H and O–H groups in total. The maximum Gasteiger partial charge on any atom is 0.164 e. The van der Waals surface area contributed by atoms with Gasteiger partial charge in [-0.1, -0.05) is 18.2 Å². The van der Waals surface area contributed by atoms with Crippen molar-refractivity contribution in [3.05, 3.63) is 41.5 Å². The van der Waals surface area contributed by atoms with Crippen LogP contribution in [0, 0.1) is 6.92 Å². The van der Waals surface area contributed by atoms with Crippen molar-refractivity contribution in [3.8, 4) is 5.75 Å². The molecule has 1 aromatic heterocycles. The maximum absolute atomic E-state index is 5.73. The van der Waals surface area contributed by atoms with Gasteiger partial charge in [0.2, 0.25) is 0 Å². The van der Waals surface area contributed by atoms with Crippen LogP contribution in [0.3, 0.4) is 0 Å². The van der Waals surface area contributed by atoms with Crippen LogP contribution in [0.15, 0.2) is 24.3 Å². The lowest BCUT2D eigenvalue weighted by molar-refractivity contribution is 0.314. The van der Waals surface area contributed by atoms with Gasteiger partial charge in [0.05, 0.1) is 13.2 Å². The molecule has 0 unspecified atom stereocenters. The van der Waals surface area contributed by atoms with Crippen LogP contribution in [0.25, 0.3) is 0 Å². The standard InChI is InChI=1S/C13H18N4O/c1-10-5-3-4-6-11(10)18-8-7-13-15-12(9-14)16-17(13)2/h3-6H,7-9,14H2,1-2H3. The summed E-state index contributed by atoms with van der Waals surface area (Å²) < 4.78 is 7.48. The first kappa shape index (κ1) is 12.6. The first-order valence-corrected chi connectivity index (χ1v) is 5.98. The molecule has 96 valence electrons. The van der Waals surface area contributed by atoms with Crippen LogP contribution in [0.2, 0.25) is 0 Å². The van der Waals surface area contributed by atoms with Gasteiger partial charge in [0, 0.05) is 13.5 Å². The number of hydrogen-bond acceptors (Lipinski definition) is 4. The number of nitrogens with zero attached hydrogens (tertiary/aromatic N) is 3. The Morgan fingerprint density at radius 2 is 2.11 bits per heavy atom. The summed E-state index contributed by atoms with van der Waals surface area (Å²) in [5.74, 6) is 2.48. The number of hydrogen-bond donors (Lipinski definition) is 1. The van der Waals surface area contributed by atoms with Crippen molar-refractivity contribution in [3.63, 3.8) is 0 Å². The Kier molecular flexibility index (Phi) is 3.94. The monoisotopic (exact) mass is 246 g/mol. The number of ether oxygens (including phenoxy) is 1. The van der Waals surface area contributed by atoms with Gasteiger partial charge in [-0.25, -0.2) is 4.98 Å². The molecule has 5 heteroatoms. The molecule has 0 radical (unpaired) electrons. The van der Waals surface area contributed by atoms with Gasteiger partial charge in [-0.2, -0.15) is 5.10 Å². The van der Waals surface area contributed by atoms with E-state index in [0.717, 1.165) is 23.6 Å². The summed E-state index contributed by atoms with van der Waals surface area (Å²) in [6, 6.07) is 7.97. The minimum atomic E-state index is 0.368. The van der Waals surface area contributed by atoms with Gasteiger partial charge in [0.1, 0.15) is 11.6 Å². The van der Waals surface area contributed by atoms with Crippen molar-refractivity contribution >= 4 is 0 Å². The fraction of sp³-hybridized carbons (Fsp3) is 0.385. The molecule has 2 aromatic rings. The predicted octanol–water partition coefficient (Wildman–Crippen LogP) is 1.20. The molecular weight excluding hydrogens is 228 g/mol. The molecule has 0 aliphatic carbocycles. The second-order valence-corrected chi connectivity index (χ2v) is 4.14. The summed E-state index contributed by atoms with van der Waals surface area (Å²) in [5, 5.41) is 4.20. The Balaban J connectivity index is 1.92. The molecular formula is C13H18N4O. The lowest BCUT2D eigenvalue weighted by Gasteiger charge is -2.08. The topological polar surface area (TPSA) is 66.0 Å². The zero-order chi connectivity index (χ0) is 13.0. The van der Waals surface area contributed by atoms with Crippen molar-refractivity contribution in [2.24, 2.45) is 12.8 Å². The van der Waals surface area contributed by atoms with E-state index in [2.05, 4.69) is 10.1 Å². The van der Waals surface area contributed by atoms with Crippen LogP contribution in [0.5, 0.6) is 5.75 Å². The fourth-order valence-corrected chi connectivity index (χ4v) is 1.75. The fourth-order valence-electron chi connectivity index (χ4n) is 1.75. The Bertz CT molecular complexity index is 521. The molecule has 0 saturated carbocycles. The van der Waals surface area contributed by atoms with E-state index in [4.69, 9.17) is 10.5 Å². The summed E-state index contributed by atoms with van der Waals surface area (Å²) >= 11 is 0. The molecule has 0 atom stereocenters. The molecule has 0 aliphatic rings. The van der Waals surface area contributed by atoms with E-state index < -0.39 is 0 Å². The van der Waals surface area contributed by atoms with Gasteiger partial charge < -0.3 is 10.5 Å². The number of aromatic nitrogens is 3. The van der Waals surface area contributed by atoms with E-state index in [1.54, 1.807) is 4.68 Å². The summed E-state index contributed by atoms with van der Waals surface area (Å²) in [4.78, 5) is 4.33. The summed E-state index contributed by atoms with van der Waals surface area (Å²) in [5.41, 5.74) is 6.64. The van der Waals surface area contributed by atoms with Crippen molar-refractivity contribution in [2.75, 3.05) is 6.61 Å². The molecule has 0 amide bonds. The SMILES string of the molecule is Cc1ccccc1OCCc1nc(CN)nn1C. The van der Waals surface area contributed by atoms with Gasteiger partial charge in [0.25, 0.3) is 0 Å². The Morgan fingerprint density at radius 1 is 1.33 bits per heavy atom. The van der Waals surface area contributed by atoms with Crippen LogP contribution in [0.1, 0.15) is 17.2 Å². The second kappa shape index (κ2) is 5.64. The van der Waals surface area contributed by atoms with E-state index >= 15 is 0 Å². The van der Waals surface area contributed by atoms with E-state index in [1.165, 1.54) is 0 Å². The molecule has 0 fully saturated rings. The lowest BCUT2D eigenvalue weighted by Crippen LogP contribution is -2.07. The summed E-state index contributed by atoms with van der Waals surface area (Å²) in [7, 11) is 1.87. The summed E-state index contributed by atoms with van der Waals surface area (Å²) in [6.07, 6.45) is 0.720. The van der Waals surface area contributed by atoms with Gasteiger partial charge in [-0.3, -0.25) is 4.68 Å². The minimum absolute atomic E-state index is 0.368. The van der Waals surface area contributed by atoms with Crippen molar-refractivity contribution < 1.29 is 4.74 Å². The van der Waals surface area contributed by atoms with E-state index in [0.29, 0.717) is 19.0 Å². The van der Waals surface area contributed by atoms with Gasteiger partial charge >= 0.3 is 0 Å². The quantitative estimate of drug-likeness (QED) is 0.861. The minimum Gasteiger partial charge on any atom is -0.493 e. The average Bonchev–Trinajstić information content (AvgIpc) is 2.73. The van der Waals surface area contributed by atoms with Crippen LogP contribution in [-0.2, 0) is 20.0 Å². The highest BCUT2D eigenvalue weighted by molar-refractivity contribution is 5.31. The number of para-hydroxylation sites is 1. The third-order valence-electron chi connectivity index (χ3n) is 2.76. The molecule has 0 saturated heterocycles. The molecule has 18 heavy (non-hydrogen) atoms. The zero-order valence-electron chi connectivity index (χ0n) is 10.8. The first-order valence-electron chi connectivity index (χ1n) is 5.98. The highest BCUT2D eigenvalue weighted by Gasteiger charge is 2.06. The third kappa shape index (κ3) is 2.87. The van der Waals surface area contributed by atoms with Crippen LogP contribution >= 0.6 is 0 Å². The molecule has 2 rings (SSSR count).